The normalized spacial score (nSPS) is 22.8. The topological polar surface area (TPSA) is 80.8 Å². The van der Waals surface area contributed by atoms with E-state index in [2.05, 4.69) is 25.4 Å². The molecule has 1 unspecified atom stereocenters. The number of aryl methyl sites for hydroxylation is 2. The average Bonchev–Trinajstić information content (AvgIpc) is 3.16. The number of anilines is 3. The van der Waals surface area contributed by atoms with Gasteiger partial charge in [0.2, 0.25) is 11.8 Å². The largest absolute Gasteiger partial charge is 0.416 e. The number of pyridine rings is 1. The molecule has 37 heavy (non-hydrogen) atoms. The van der Waals surface area contributed by atoms with Crippen LogP contribution in [0.25, 0.3) is 0 Å². The number of amides is 2. The number of fused-ring (bicyclic) bond motifs is 2. The van der Waals surface area contributed by atoms with Gasteiger partial charge < -0.3 is 15.5 Å². The summed E-state index contributed by atoms with van der Waals surface area (Å²) in [5.74, 6) is -1.36. The lowest BCUT2D eigenvalue weighted by atomic mass is 9.95. The number of hydrogen-bond acceptors (Lipinski definition) is 6. The van der Waals surface area contributed by atoms with Gasteiger partial charge in [0.25, 0.3) is 0 Å². The Bertz CT molecular complexity index is 1200. The second-order valence-electron chi connectivity index (χ2n) is 10.0. The van der Waals surface area contributed by atoms with E-state index >= 15 is 0 Å². The van der Waals surface area contributed by atoms with Gasteiger partial charge in [-0.1, -0.05) is 12.1 Å². The lowest BCUT2D eigenvalue weighted by Gasteiger charge is -2.38. The molecule has 2 amide bonds. The molecule has 2 fully saturated rings. The van der Waals surface area contributed by atoms with Crippen LogP contribution in [0.5, 0.6) is 0 Å². The summed E-state index contributed by atoms with van der Waals surface area (Å²) in [6.45, 7) is 9.16. The van der Waals surface area contributed by atoms with Gasteiger partial charge >= 0.3 is 6.18 Å². The molecule has 198 valence electrons. The van der Waals surface area contributed by atoms with Crippen LogP contribution < -0.4 is 20.4 Å². The molecule has 0 spiro atoms. The number of carbonyl (C=O) groups is 2. The molecule has 1 aromatic heterocycles. The number of halogens is 3. The number of nitrogens with zero attached hydrogens (tertiary/aromatic N) is 4. The van der Waals surface area contributed by atoms with Crippen LogP contribution in [0.15, 0.2) is 30.3 Å². The lowest BCUT2D eigenvalue weighted by Crippen LogP contribution is -2.51. The molecule has 0 bridgehead atoms. The van der Waals surface area contributed by atoms with Crippen molar-refractivity contribution in [1.29, 1.82) is 0 Å². The number of piperazine rings is 1. The first kappa shape index (κ1) is 25.5. The third-order valence-corrected chi connectivity index (χ3v) is 7.38. The maximum absolute atomic E-state index is 13.5. The van der Waals surface area contributed by atoms with Gasteiger partial charge in [0, 0.05) is 63.8 Å². The van der Waals surface area contributed by atoms with E-state index in [1.807, 2.05) is 25.1 Å². The SMILES string of the molecule is Cc1cc(C(F)(F)F)cc(N2C(=O)CC3CN(CCN4CCNCC4)c4c(C)cccc4NC(=O)[C@H]32)n1. The van der Waals surface area contributed by atoms with Crippen molar-refractivity contribution in [1.82, 2.24) is 15.2 Å². The van der Waals surface area contributed by atoms with Gasteiger partial charge in [0.1, 0.15) is 11.9 Å². The Morgan fingerprint density at radius 1 is 1.08 bits per heavy atom. The van der Waals surface area contributed by atoms with Crippen molar-refractivity contribution in [3.8, 4) is 0 Å². The van der Waals surface area contributed by atoms with Crippen molar-refractivity contribution < 1.29 is 22.8 Å². The van der Waals surface area contributed by atoms with Crippen molar-refractivity contribution in [2.24, 2.45) is 5.92 Å². The number of nitrogens with one attached hydrogen (secondary N) is 2. The highest BCUT2D eigenvalue weighted by Crippen LogP contribution is 2.39. The summed E-state index contributed by atoms with van der Waals surface area (Å²) in [5, 5.41) is 6.33. The summed E-state index contributed by atoms with van der Waals surface area (Å²) in [5.41, 5.74) is 1.80. The minimum atomic E-state index is -4.59. The standard InChI is InChI=1S/C26H31F3N6O2/c1-16-4-3-5-20-23(16)34(11-10-33-8-6-30-7-9-33)15-18-13-22(36)35(24(18)25(37)32-20)21-14-19(26(27,28)29)12-17(2)31-21/h3-5,12,14,18,24,30H,6-11,13,15H2,1-2H3,(H,32,37)/t18?,24-/m0/s1. The monoisotopic (exact) mass is 516 g/mol. The maximum atomic E-state index is 13.5. The minimum Gasteiger partial charge on any atom is -0.368 e. The molecule has 3 aliphatic heterocycles. The number of rotatable bonds is 4. The third kappa shape index (κ3) is 5.15. The molecule has 0 saturated carbocycles. The molecular weight excluding hydrogens is 485 g/mol. The molecule has 1 aromatic carbocycles. The van der Waals surface area contributed by atoms with Crippen LogP contribution >= 0.6 is 0 Å². The van der Waals surface area contributed by atoms with Crippen molar-refractivity contribution in [3.63, 3.8) is 0 Å². The summed E-state index contributed by atoms with van der Waals surface area (Å²) >= 11 is 0. The first-order chi connectivity index (χ1) is 17.6. The van der Waals surface area contributed by atoms with Crippen LogP contribution in [0.3, 0.4) is 0 Å². The molecule has 4 heterocycles. The van der Waals surface area contributed by atoms with E-state index in [1.54, 1.807) is 0 Å². The number of benzene rings is 1. The van der Waals surface area contributed by atoms with Crippen LogP contribution in [0.4, 0.5) is 30.4 Å². The van der Waals surface area contributed by atoms with E-state index in [-0.39, 0.29) is 17.9 Å². The Kier molecular flexibility index (Phi) is 6.84. The van der Waals surface area contributed by atoms with Crippen molar-refractivity contribution >= 4 is 29.0 Å². The van der Waals surface area contributed by atoms with E-state index < -0.39 is 35.5 Å². The second kappa shape index (κ2) is 9.94. The Hall–Kier alpha value is -3.18. The first-order valence-corrected chi connectivity index (χ1v) is 12.6. The third-order valence-electron chi connectivity index (χ3n) is 7.38. The van der Waals surface area contributed by atoms with Crippen molar-refractivity contribution in [2.45, 2.75) is 32.5 Å². The molecule has 0 aliphatic carbocycles. The van der Waals surface area contributed by atoms with Gasteiger partial charge in [0.05, 0.1) is 16.9 Å². The molecule has 3 aliphatic rings. The van der Waals surface area contributed by atoms with Crippen LogP contribution in [0.1, 0.15) is 23.2 Å². The number of hydrogen-bond donors (Lipinski definition) is 2. The Morgan fingerprint density at radius 2 is 1.84 bits per heavy atom. The number of carbonyl (C=O) groups excluding carboxylic acids is 2. The molecular formula is C26H31F3N6O2. The molecule has 2 aromatic rings. The Labute approximate surface area is 213 Å². The molecule has 2 atom stereocenters. The fourth-order valence-corrected chi connectivity index (χ4v) is 5.66. The van der Waals surface area contributed by atoms with Gasteiger partial charge in [0.15, 0.2) is 0 Å². The fraction of sp³-hybridized carbons (Fsp3) is 0.500. The molecule has 5 rings (SSSR count). The number of alkyl halides is 3. The van der Waals surface area contributed by atoms with Crippen molar-refractivity contribution in [3.05, 3.63) is 47.2 Å². The summed E-state index contributed by atoms with van der Waals surface area (Å²) in [4.78, 5) is 36.8. The maximum Gasteiger partial charge on any atom is 0.416 e. The predicted molar refractivity (Wildman–Crippen MR) is 135 cm³/mol. The molecule has 2 N–H and O–H groups in total. The smallest absolute Gasteiger partial charge is 0.368 e. The van der Waals surface area contributed by atoms with Crippen molar-refractivity contribution in [2.75, 3.05) is 60.9 Å². The van der Waals surface area contributed by atoms with E-state index in [0.29, 0.717) is 18.8 Å². The highest BCUT2D eigenvalue weighted by molar-refractivity contribution is 6.09. The number of para-hydroxylation sites is 1. The summed E-state index contributed by atoms with van der Waals surface area (Å²) in [7, 11) is 0. The van der Waals surface area contributed by atoms with Gasteiger partial charge in [-0.3, -0.25) is 19.4 Å². The summed E-state index contributed by atoms with van der Waals surface area (Å²) in [6, 6.07) is 6.52. The van der Waals surface area contributed by atoms with E-state index in [0.717, 1.165) is 61.0 Å². The fourth-order valence-electron chi connectivity index (χ4n) is 5.66. The molecule has 0 radical (unpaired) electrons. The van der Waals surface area contributed by atoms with Crippen LogP contribution in [0, 0.1) is 19.8 Å². The second-order valence-corrected chi connectivity index (χ2v) is 10.0. The Morgan fingerprint density at radius 3 is 2.57 bits per heavy atom. The average molecular weight is 517 g/mol. The zero-order chi connectivity index (χ0) is 26.3. The van der Waals surface area contributed by atoms with E-state index in [9.17, 15) is 22.8 Å². The first-order valence-electron chi connectivity index (χ1n) is 12.6. The minimum absolute atomic E-state index is 0.0560. The highest BCUT2D eigenvalue weighted by Gasteiger charge is 2.48. The van der Waals surface area contributed by atoms with Crippen LogP contribution in [0.2, 0.25) is 0 Å². The highest BCUT2D eigenvalue weighted by atomic mass is 19.4. The van der Waals surface area contributed by atoms with E-state index in [4.69, 9.17) is 0 Å². The lowest BCUT2D eigenvalue weighted by molar-refractivity contribution is -0.137. The van der Waals surface area contributed by atoms with Crippen LogP contribution in [-0.2, 0) is 15.8 Å². The molecule has 8 nitrogen and oxygen atoms in total. The summed E-state index contributed by atoms with van der Waals surface area (Å²) in [6.07, 6.45) is -4.54. The summed E-state index contributed by atoms with van der Waals surface area (Å²) < 4.78 is 40.6. The zero-order valence-corrected chi connectivity index (χ0v) is 20.9. The van der Waals surface area contributed by atoms with Gasteiger partial charge in [-0.2, -0.15) is 13.2 Å². The van der Waals surface area contributed by atoms with Gasteiger partial charge in [-0.05, 0) is 37.6 Å². The van der Waals surface area contributed by atoms with Gasteiger partial charge in [-0.25, -0.2) is 4.98 Å². The zero-order valence-electron chi connectivity index (χ0n) is 20.9. The molecule has 11 heteroatoms. The Balaban J connectivity index is 1.50. The number of aromatic nitrogens is 1. The van der Waals surface area contributed by atoms with E-state index in [1.165, 1.54) is 6.92 Å². The molecule has 2 saturated heterocycles. The van der Waals surface area contributed by atoms with Gasteiger partial charge in [-0.15, -0.1) is 0 Å². The predicted octanol–water partition coefficient (Wildman–Crippen LogP) is 2.80. The quantitative estimate of drug-likeness (QED) is 0.651. The van der Waals surface area contributed by atoms with Crippen LogP contribution in [-0.4, -0.2) is 73.6 Å².